The molecule has 0 saturated heterocycles. The van der Waals surface area contributed by atoms with Gasteiger partial charge in [-0.05, 0) is 23.8 Å². The molecule has 0 aliphatic rings. The highest BCUT2D eigenvalue weighted by Gasteiger charge is 2.06. The van der Waals surface area contributed by atoms with Crippen molar-refractivity contribution in [1.29, 1.82) is 0 Å². The van der Waals surface area contributed by atoms with Crippen molar-refractivity contribution in [3.63, 3.8) is 0 Å². The van der Waals surface area contributed by atoms with Crippen LogP contribution in [0.5, 0.6) is 11.5 Å². The molecule has 2 rings (SSSR count). The third-order valence-corrected chi connectivity index (χ3v) is 2.90. The highest BCUT2D eigenvalue weighted by Crippen LogP contribution is 2.16. The number of aromatic nitrogens is 1. The molecule has 0 saturated carbocycles. The van der Waals surface area contributed by atoms with Crippen LogP contribution in [0.1, 0.15) is 29.4 Å². The van der Waals surface area contributed by atoms with Crippen LogP contribution in [0.4, 0.5) is 0 Å². The lowest BCUT2D eigenvalue weighted by Gasteiger charge is -2.08. The number of pyridine rings is 1. The normalized spacial score (nSPS) is 10.1. The average molecular weight is 271 g/mol. The van der Waals surface area contributed by atoms with Crippen molar-refractivity contribution < 1.29 is 14.3 Å². The maximum Gasteiger partial charge on any atom is 0.181 e. The van der Waals surface area contributed by atoms with Crippen molar-refractivity contribution in [1.82, 2.24) is 4.98 Å². The molecule has 0 aliphatic carbocycles. The third kappa shape index (κ3) is 3.57. The molecule has 0 amide bonds. The molecule has 4 heteroatoms. The zero-order valence-corrected chi connectivity index (χ0v) is 11.6. The molecular weight excluding hydrogens is 254 g/mol. The summed E-state index contributed by atoms with van der Waals surface area (Å²) in [7, 11) is 1.63. The minimum atomic E-state index is 0.0138. The topological polar surface area (TPSA) is 48.4 Å². The second-order valence-corrected chi connectivity index (χ2v) is 4.29. The predicted molar refractivity (Wildman–Crippen MR) is 76.2 cm³/mol. The van der Waals surface area contributed by atoms with E-state index in [4.69, 9.17) is 9.47 Å². The van der Waals surface area contributed by atoms with Crippen molar-refractivity contribution >= 4 is 5.78 Å². The number of ketones is 1. The van der Waals surface area contributed by atoms with Gasteiger partial charge in [0.15, 0.2) is 5.78 Å². The Bertz CT molecular complexity index is 579. The van der Waals surface area contributed by atoms with E-state index in [-0.39, 0.29) is 5.78 Å². The number of methoxy groups -OCH3 is 1. The summed E-state index contributed by atoms with van der Waals surface area (Å²) in [6.45, 7) is 2.25. The molecule has 0 N–H and O–H groups in total. The Morgan fingerprint density at radius 1 is 1.15 bits per heavy atom. The van der Waals surface area contributed by atoms with Gasteiger partial charge >= 0.3 is 0 Å². The van der Waals surface area contributed by atoms with Crippen LogP contribution in [-0.2, 0) is 6.61 Å². The van der Waals surface area contributed by atoms with E-state index in [1.807, 2.05) is 31.2 Å². The van der Waals surface area contributed by atoms with Crippen LogP contribution in [0.15, 0.2) is 42.6 Å². The smallest absolute Gasteiger partial charge is 0.181 e. The first-order valence-corrected chi connectivity index (χ1v) is 6.48. The van der Waals surface area contributed by atoms with Crippen molar-refractivity contribution in [2.24, 2.45) is 0 Å². The largest absolute Gasteiger partial charge is 0.497 e. The summed E-state index contributed by atoms with van der Waals surface area (Å²) in [6, 6.07) is 11.1. The van der Waals surface area contributed by atoms with E-state index in [1.54, 1.807) is 25.4 Å². The zero-order valence-electron chi connectivity index (χ0n) is 11.6. The molecule has 0 aliphatic heterocycles. The van der Waals surface area contributed by atoms with Gasteiger partial charge in [-0.2, -0.15) is 0 Å². The maximum atomic E-state index is 11.6. The summed E-state index contributed by atoms with van der Waals surface area (Å²) < 4.78 is 10.8. The van der Waals surface area contributed by atoms with E-state index in [0.717, 1.165) is 11.3 Å². The molecule has 0 fully saturated rings. The van der Waals surface area contributed by atoms with E-state index < -0.39 is 0 Å². The van der Waals surface area contributed by atoms with Crippen LogP contribution >= 0.6 is 0 Å². The quantitative estimate of drug-likeness (QED) is 0.757. The fourth-order valence-electron chi connectivity index (χ4n) is 1.72. The Morgan fingerprint density at radius 3 is 2.55 bits per heavy atom. The molecule has 1 heterocycles. The monoisotopic (exact) mass is 271 g/mol. The number of carbonyl (C=O) groups is 1. The number of benzene rings is 1. The molecule has 0 spiro atoms. The van der Waals surface area contributed by atoms with Gasteiger partial charge in [-0.3, -0.25) is 9.78 Å². The Morgan fingerprint density at radius 2 is 1.90 bits per heavy atom. The van der Waals surface area contributed by atoms with E-state index in [2.05, 4.69) is 4.98 Å². The van der Waals surface area contributed by atoms with Gasteiger partial charge in [0.05, 0.1) is 7.11 Å². The molecule has 0 bridgehead atoms. The van der Waals surface area contributed by atoms with Crippen molar-refractivity contribution in [3.05, 3.63) is 53.9 Å². The fraction of sp³-hybridized carbons (Fsp3) is 0.250. The highest BCUT2D eigenvalue weighted by molar-refractivity contribution is 5.94. The van der Waals surface area contributed by atoms with Gasteiger partial charge in [0.2, 0.25) is 0 Å². The van der Waals surface area contributed by atoms with Crippen molar-refractivity contribution in [2.75, 3.05) is 7.11 Å². The van der Waals surface area contributed by atoms with Gasteiger partial charge < -0.3 is 9.47 Å². The number of hydrogen-bond acceptors (Lipinski definition) is 4. The number of ether oxygens (including phenoxy) is 2. The molecule has 0 atom stereocenters. The predicted octanol–water partition coefficient (Wildman–Crippen LogP) is 3.26. The average Bonchev–Trinajstić information content (AvgIpc) is 2.53. The molecule has 20 heavy (non-hydrogen) atoms. The zero-order chi connectivity index (χ0) is 14.4. The minimum Gasteiger partial charge on any atom is -0.497 e. The molecular formula is C16H17NO3. The summed E-state index contributed by atoms with van der Waals surface area (Å²) in [5, 5.41) is 0. The van der Waals surface area contributed by atoms with Crippen LogP contribution in [-0.4, -0.2) is 17.9 Å². The van der Waals surface area contributed by atoms with Gasteiger partial charge in [-0.25, -0.2) is 0 Å². The third-order valence-electron chi connectivity index (χ3n) is 2.90. The molecule has 0 unspecified atom stereocenters. The Hall–Kier alpha value is -2.36. The Kier molecular flexibility index (Phi) is 4.71. The van der Waals surface area contributed by atoms with E-state index in [1.165, 1.54) is 0 Å². The summed E-state index contributed by atoms with van der Waals surface area (Å²) in [5.41, 5.74) is 1.48. The van der Waals surface area contributed by atoms with Gasteiger partial charge in [0.1, 0.15) is 23.8 Å². The number of Topliss-reactive ketones (excluding diaryl/α,β-unsaturated/α-hetero) is 1. The van der Waals surface area contributed by atoms with Crippen LogP contribution in [0.3, 0.4) is 0 Å². The number of carbonyl (C=O) groups excluding carboxylic acids is 1. The lowest BCUT2D eigenvalue weighted by atomic mass is 10.2. The minimum absolute atomic E-state index is 0.0138. The summed E-state index contributed by atoms with van der Waals surface area (Å²) in [4.78, 5) is 15.6. The van der Waals surface area contributed by atoms with Gasteiger partial charge in [-0.1, -0.05) is 19.1 Å². The van der Waals surface area contributed by atoms with Crippen LogP contribution < -0.4 is 9.47 Å². The van der Waals surface area contributed by atoms with E-state index in [0.29, 0.717) is 24.5 Å². The first kappa shape index (κ1) is 14.1. The lowest BCUT2D eigenvalue weighted by molar-refractivity contribution is 0.0983. The van der Waals surface area contributed by atoms with Crippen molar-refractivity contribution in [3.8, 4) is 11.5 Å². The molecule has 104 valence electrons. The Labute approximate surface area is 118 Å². The first-order valence-electron chi connectivity index (χ1n) is 6.48. The molecule has 1 aromatic heterocycles. The summed E-state index contributed by atoms with van der Waals surface area (Å²) >= 11 is 0. The van der Waals surface area contributed by atoms with E-state index in [9.17, 15) is 4.79 Å². The van der Waals surface area contributed by atoms with E-state index >= 15 is 0 Å². The summed E-state index contributed by atoms with van der Waals surface area (Å²) in [6.07, 6.45) is 2.03. The van der Waals surface area contributed by atoms with Crippen LogP contribution in [0.25, 0.3) is 0 Å². The first-order chi connectivity index (χ1) is 9.72. The second-order valence-electron chi connectivity index (χ2n) is 4.29. The molecule has 2 aromatic rings. The fourth-order valence-corrected chi connectivity index (χ4v) is 1.72. The highest BCUT2D eigenvalue weighted by atomic mass is 16.5. The standard InChI is InChI=1S/C16H17NO3/c1-3-16(18)15-10-14(8-9-17-15)20-11-12-4-6-13(19-2)7-5-12/h4-10H,3,11H2,1-2H3. The molecule has 0 radical (unpaired) electrons. The number of rotatable bonds is 6. The van der Waals surface area contributed by atoms with Gasteiger partial charge in [-0.15, -0.1) is 0 Å². The van der Waals surface area contributed by atoms with Gasteiger partial charge in [0.25, 0.3) is 0 Å². The number of hydrogen-bond donors (Lipinski definition) is 0. The molecule has 4 nitrogen and oxygen atoms in total. The SMILES string of the molecule is CCC(=O)c1cc(OCc2ccc(OC)cc2)ccn1. The van der Waals surface area contributed by atoms with Gasteiger partial charge in [0, 0.05) is 18.7 Å². The van der Waals surface area contributed by atoms with Crippen LogP contribution in [0.2, 0.25) is 0 Å². The van der Waals surface area contributed by atoms with Crippen molar-refractivity contribution in [2.45, 2.75) is 20.0 Å². The summed E-state index contributed by atoms with van der Waals surface area (Å²) in [5.74, 6) is 1.47. The lowest BCUT2D eigenvalue weighted by Crippen LogP contribution is -2.01. The maximum absolute atomic E-state index is 11.6. The molecule has 1 aromatic carbocycles. The van der Waals surface area contributed by atoms with Crippen LogP contribution in [0, 0.1) is 0 Å². The number of nitrogens with zero attached hydrogens (tertiary/aromatic N) is 1. The Balaban J connectivity index is 2.01. The second kappa shape index (κ2) is 6.70.